The Kier molecular flexibility index (Phi) is 6.90. The fourth-order valence-corrected chi connectivity index (χ4v) is 11.4. The zero-order chi connectivity index (χ0) is 38.9. The number of fused-ring (bicyclic) bond motifs is 14. The maximum atomic E-state index is 14.4. The van der Waals surface area contributed by atoms with Crippen LogP contribution in [0.4, 0.5) is 13.2 Å². The van der Waals surface area contributed by atoms with Gasteiger partial charge in [-0.3, -0.25) is 0 Å². The van der Waals surface area contributed by atoms with Crippen molar-refractivity contribution in [3.8, 4) is 28.6 Å². The Balaban J connectivity index is 1.31. The number of halogens is 3. The topological polar surface area (TPSA) is 33.6 Å². The number of hydrogen-bond donors (Lipinski definition) is 0. The highest BCUT2D eigenvalue weighted by atomic mass is 32.1. The number of benzene rings is 8. The third-order valence-corrected chi connectivity index (χ3v) is 13.9. The fraction of sp³-hybridized carbons (Fsp3) is 0.0200. The summed E-state index contributed by atoms with van der Waals surface area (Å²) in [6.45, 7) is 0. The first kappa shape index (κ1) is 33.2. The lowest BCUT2D eigenvalue weighted by atomic mass is 9.96. The molecular formula is C50H26F3N3S2. The monoisotopic (exact) mass is 789 g/mol. The molecular weight excluding hydrogens is 764 g/mol. The molecule has 3 nitrogen and oxygen atoms in total. The van der Waals surface area contributed by atoms with E-state index in [1.54, 1.807) is 28.7 Å². The van der Waals surface area contributed by atoms with Crippen molar-refractivity contribution in [3.63, 3.8) is 0 Å². The smallest absolute Gasteiger partial charge is 0.307 e. The van der Waals surface area contributed by atoms with Crippen molar-refractivity contribution < 1.29 is 13.2 Å². The van der Waals surface area contributed by atoms with E-state index in [0.29, 0.717) is 28.1 Å². The minimum Gasteiger partial charge on any atom is -0.307 e. The maximum Gasteiger partial charge on any atom is 0.416 e. The minimum absolute atomic E-state index is 0.355. The van der Waals surface area contributed by atoms with E-state index in [2.05, 4.69) is 94.1 Å². The molecule has 58 heavy (non-hydrogen) atoms. The van der Waals surface area contributed by atoms with Gasteiger partial charge in [-0.2, -0.15) is 18.4 Å². The molecule has 4 aromatic heterocycles. The van der Waals surface area contributed by atoms with Gasteiger partial charge in [-0.15, -0.1) is 22.7 Å². The van der Waals surface area contributed by atoms with E-state index in [4.69, 9.17) is 0 Å². The summed E-state index contributed by atoms with van der Waals surface area (Å²) in [6.07, 6.45) is -4.56. The lowest BCUT2D eigenvalue weighted by molar-refractivity contribution is -0.137. The summed E-state index contributed by atoms with van der Waals surface area (Å²) in [5.41, 5.74) is 5.36. The van der Waals surface area contributed by atoms with Gasteiger partial charge in [0.15, 0.2) is 0 Å². The van der Waals surface area contributed by atoms with Crippen molar-refractivity contribution in [2.45, 2.75) is 6.18 Å². The molecule has 0 amide bonds. The molecule has 0 saturated heterocycles. The molecule has 0 N–H and O–H groups in total. The molecule has 0 aliphatic rings. The molecule has 0 bridgehead atoms. The van der Waals surface area contributed by atoms with E-state index >= 15 is 0 Å². The van der Waals surface area contributed by atoms with Crippen LogP contribution in [0, 0.1) is 11.3 Å². The van der Waals surface area contributed by atoms with Gasteiger partial charge < -0.3 is 9.13 Å². The summed E-state index contributed by atoms with van der Waals surface area (Å²) in [5.74, 6) is 0. The van der Waals surface area contributed by atoms with E-state index in [9.17, 15) is 18.4 Å². The Hall–Kier alpha value is -6.92. The first-order valence-corrected chi connectivity index (χ1v) is 20.4. The summed E-state index contributed by atoms with van der Waals surface area (Å²) in [6, 6.07) is 53.6. The Morgan fingerprint density at radius 1 is 0.483 bits per heavy atom. The van der Waals surface area contributed by atoms with Gasteiger partial charge in [-0.05, 0) is 60.2 Å². The SMILES string of the molecule is N#Cc1c(-n2c3ccccc3c3ccc4sc5ccccc5c4c32)ccc(-c2cccc(C(F)(F)F)c2)c1-n1c2ccccc2c2ccc3sc4ccccc4c3c21. The van der Waals surface area contributed by atoms with Crippen LogP contribution in [-0.4, -0.2) is 9.13 Å². The Morgan fingerprint density at radius 2 is 1.02 bits per heavy atom. The second-order valence-electron chi connectivity index (χ2n) is 14.6. The van der Waals surface area contributed by atoms with E-state index in [1.807, 2.05) is 54.6 Å². The van der Waals surface area contributed by atoms with Gasteiger partial charge in [0.1, 0.15) is 11.6 Å². The average Bonchev–Trinajstić information content (AvgIpc) is 4.00. The largest absolute Gasteiger partial charge is 0.416 e. The third kappa shape index (κ3) is 4.54. The molecule has 0 aliphatic heterocycles. The first-order valence-electron chi connectivity index (χ1n) is 18.8. The Bertz CT molecular complexity index is 3760. The molecule has 4 heterocycles. The summed E-state index contributed by atoms with van der Waals surface area (Å²) in [5, 5.41) is 20.1. The van der Waals surface area contributed by atoms with Gasteiger partial charge in [0, 0.05) is 67.5 Å². The van der Waals surface area contributed by atoms with Crippen LogP contribution in [0.3, 0.4) is 0 Å². The van der Waals surface area contributed by atoms with E-state index in [-0.39, 0.29) is 0 Å². The average molecular weight is 790 g/mol. The number of hydrogen-bond acceptors (Lipinski definition) is 3. The number of para-hydroxylation sites is 2. The lowest BCUT2D eigenvalue weighted by Crippen LogP contribution is -2.08. The Labute approximate surface area is 336 Å². The van der Waals surface area contributed by atoms with Crippen molar-refractivity contribution in [2.75, 3.05) is 0 Å². The second kappa shape index (κ2) is 12.0. The van der Waals surface area contributed by atoms with Gasteiger partial charge in [-0.1, -0.05) is 103 Å². The number of thiophene rings is 2. The molecule has 12 aromatic rings. The van der Waals surface area contributed by atoms with Gasteiger partial charge in [0.2, 0.25) is 0 Å². The number of nitrogens with zero attached hydrogens (tertiary/aromatic N) is 3. The zero-order valence-electron chi connectivity index (χ0n) is 30.3. The molecule has 274 valence electrons. The molecule has 0 saturated carbocycles. The first-order chi connectivity index (χ1) is 28.4. The summed E-state index contributed by atoms with van der Waals surface area (Å²) in [4.78, 5) is 0. The van der Waals surface area contributed by atoms with Gasteiger partial charge >= 0.3 is 6.18 Å². The molecule has 8 aromatic carbocycles. The van der Waals surface area contributed by atoms with Crippen molar-refractivity contribution in [2.24, 2.45) is 0 Å². The highest BCUT2D eigenvalue weighted by molar-refractivity contribution is 7.26. The molecule has 0 aliphatic carbocycles. The van der Waals surface area contributed by atoms with Crippen molar-refractivity contribution in [1.29, 1.82) is 5.26 Å². The summed E-state index contributed by atoms with van der Waals surface area (Å²) >= 11 is 3.44. The van der Waals surface area contributed by atoms with Crippen LogP contribution < -0.4 is 0 Å². The number of nitriles is 1. The van der Waals surface area contributed by atoms with E-state index in [0.717, 1.165) is 85.3 Å². The summed E-state index contributed by atoms with van der Waals surface area (Å²) in [7, 11) is 0. The fourth-order valence-electron chi connectivity index (χ4n) is 9.22. The van der Waals surface area contributed by atoms with Crippen LogP contribution in [0.15, 0.2) is 158 Å². The summed E-state index contributed by atoms with van der Waals surface area (Å²) < 4.78 is 52.1. The van der Waals surface area contributed by atoms with Crippen molar-refractivity contribution in [3.05, 3.63) is 169 Å². The predicted octanol–water partition coefficient (Wildman–Crippen LogP) is 15.2. The standard InChI is InChI=1S/C50H26F3N3S2/c51-50(52,53)29-11-9-10-28(26-29)30-20-23-40(55-38-16-5-1-12-31(38)33-21-24-43-45(48(33)55)35-14-3-7-18-41(35)57-43)37(27-54)47(30)56-39-17-6-2-13-32(39)34-22-25-44-46(49(34)56)36-15-4-8-19-42(36)58-44/h1-26H. The maximum absolute atomic E-state index is 14.4. The molecule has 0 spiro atoms. The van der Waals surface area contributed by atoms with Gasteiger partial charge in [0.25, 0.3) is 0 Å². The minimum atomic E-state index is -4.56. The molecule has 0 radical (unpaired) electrons. The number of aromatic nitrogens is 2. The molecule has 0 unspecified atom stereocenters. The van der Waals surface area contributed by atoms with Crippen LogP contribution in [0.1, 0.15) is 11.1 Å². The van der Waals surface area contributed by atoms with Crippen LogP contribution >= 0.6 is 22.7 Å². The lowest BCUT2D eigenvalue weighted by Gasteiger charge is -2.21. The Morgan fingerprint density at radius 3 is 1.60 bits per heavy atom. The normalized spacial score (nSPS) is 12.4. The van der Waals surface area contributed by atoms with Crippen LogP contribution in [0.5, 0.6) is 0 Å². The van der Waals surface area contributed by atoms with E-state index in [1.165, 1.54) is 16.8 Å². The molecule has 0 fully saturated rings. The quantitative estimate of drug-likeness (QED) is 0.175. The number of alkyl halides is 3. The van der Waals surface area contributed by atoms with Gasteiger partial charge in [0.05, 0.1) is 39.0 Å². The number of rotatable bonds is 3. The molecule has 12 rings (SSSR count). The predicted molar refractivity (Wildman–Crippen MR) is 236 cm³/mol. The van der Waals surface area contributed by atoms with Crippen LogP contribution in [-0.2, 0) is 6.18 Å². The van der Waals surface area contributed by atoms with E-state index < -0.39 is 11.7 Å². The van der Waals surface area contributed by atoms with Crippen LogP contribution in [0.25, 0.3) is 106 Å². The third-order valence-electron chi connectivity index (χ3n) is 11.6. The highest BCUT2D eigenvalue weighted by Crippen LogP contribution is 2.48. The second-order valence-corrected chi connectivity index (χ2v) is 16.8. The van der Waals surface area contributed by atoms with Crippen molar-refractivity contribution in [1.82, 2.24) is 9.13 Å². The highest BCUT2D eigenvalue weighted by Gasteiger charge is 2.32. The van der Waals surface area contributed by atoms with Crippen LogP contribution in [0.2, 0.25) is 0 Å². The molecule has 0 atom stereocenters. The van der Waals surface area contributed by atoms with Crippen molar-refractivity contribution >= 4 is 107 Å². The molecule has 8 heteroatoms. The van der Waals surface area contributed by atoms with Gasteiger partial charge in [-0.25, -0.2) is 0 Å². The zero-order valence-corrected chi connectivity index (χ0v) is 31.9.